The molecule has 2 N–H and O–H groups in total. The van der Waals surface area contributed by atoms with Crippen LogP contribution in [0.5, 0.6) is 0 Å². The normalized spacial score (nSPS) is 25.3. The average Bonchev–Trinajstić information content (AvgIpc) is 2.17. The number of allylic oxidation sites excluding steroid dienone is 2. The number of hydrogen-bond donors (Lipinski definition) is 1. The smallest absolute Gasteiger partial charge is 0.143 e. The Morgan fingerprint density at radius 3 is 2.93 bits per heavy atom. The minimum absolute atomic E-state index is 0.206. The van der Waals surface area contributed by atoms with Crippen LogP contribution in [0.1, 0.15) is 39.0 Å². The van der Waals surface area contributed by atoms with Crippen LogP contribution in [0.3, 0.4) is 0 Å². The van der Waals surface area contributed by atoms with Gasteiger partial charge in [0.15, 0.2) is 0 Å². The van der Waals surface area contributed by atoms with Crippen molar-refractivity contribution in [1.82, 2.24) is 0 Å². The lowest BCUT2D eigenvalue weighted by atomic mass is 10.1. The van der Waals surface area contributed by atoms with Crippen molar-refractivity contribution in [2.24, 2.45) is 5.73 Å². The second kappa shape index (κ2) is 6.53. The van der Waals surface area contributed by atoms with Gasteiger partial charge >= 0.3 is 0 Å². The standard InChI is InChI=1S/C12H20INO/c1-2-3-4-5-9-15-12(13)8-6-7-11(14)10-12/h6-8H,2-5,9-10,14H2,1H3. The second-order valence-electron chi connectivity index (χ2n) is 3.97. The van der Waals surface area contributed by atoms with Crippen LogP contribution >= 0.6 is 22.6 Å². The van der Waals surface area contributed by atoms with Gasteiger partial charge in [0.25, 0.3) is 0 Å². The number of halogens is 1. The highest BCUT2D eigenvalue weighted by Gasteiger charge is 2.26. The third-order valence-electron chi connectivity index (χ3n) is 2.44. The van der Waals surface area contributed by atoms with Gasteiger partial charge in [-0.1, -0.05) is 32.3 Å². The average molecular weight is 321 g/mol. The van der Waals surface area contributed by atoms with Crippen molar-refractivity contribution in [3.63, 3.8) is 0 Å². The number of nitrogens with two attached hydrogens (primary N) is 1. The quantitative estimate of drug-likeness (QED) is 0.461. The van der Waals surface area contributed by atoms with Crippen molar-refractivity contribution < 1.29 is 4.74 Å². The first-order chi connectivity index (χ1) is 7.16. The summed E-state index contributed by atoms with van der Waals surface area (Å²) in [6, 6.07) is 0. The van der Waals surface area contributed by atoms with Crippen LogP contribution in [-0.2, 0) is 4.74 Å². The monoisotopic (exact) mass is 321 g/mol. The molecule has 0 radical (unpaired) electrons. The van der Waals surface area contributed by atoms with E-state index in [0.29, 0.717) is 0 Å². The van der Waals surface area contributed by atoms with Crippen molar-refractivity contribution in [3.05, 3.63) is 23.9 Å². The summed E-state index contributed by atoms with van der Waals surface area (Å²) < 4.78 is 5.66. The molecular formula is C12H20INO. The van der Waals surface area contributed by atoms with E-state index in [9.17, 15) is 0 Å². The Labute approximate surface area is 106 Å². The molecule has 3 heteroatoms. The van der Waals surface area contributed by atoms with Crippen LogP contribution < -0.4 is 5.73 Å². The fraction of sp³-hybridized carbons (Fsp3) is 0.667. The van der Waals surface area contributed by atoms with Gasteiger partial charge in [0, 0.05) is 18.7 Å². The largest absolute Gasteiger partial charge is 0.402 e. The maximum Gasteiger partial charge on any atom is 0.143 e. The van der Waals surface area contributed by atoms with Crippen molar-refractivity contribution >= 4 is 22.6 Å². The van der Waals surface area contributed by atoms with Gasteiger partial charge < -0.3 is 10.5 Å². The van der Waals surface area contributed by atoms with Crippen molar-refractivity contribution in [2.45, 2.75) is 42.6 Å². The number of ether oxygens (including phenoxy) is 1. The molecule has 1 aliphatic rings. The zero-order chi connectivity index (χ0) is 11.1. The molecule has 0 aromatic rings. The Bertz CT molecular complexity index is 250. The molecule has 1 unspecified atom stereocenters. The zero-order valence-electron chi connectivity index (χ0n) is 9.34. The van der Waals surface area contributed by atoms with Crippen LogP contribution in [0.2, 0.25) is 0 Å². The van der Waals surface area contributed by atoms with Crippen LogP contribution in [0.25, 0.3) is 0 Å². The fourth-order valence-corrected chi connectivity index (χ4v) is 2.45. The molecule has 0 heterocycles. The summed E-state index contributed by atoms with van der Waals surface area (Å²) in [5.74, 6) is 0. The molecule has 0 saturated carbocycles. The minimum Gasteiger partial charge on any atom is -0.402 e. The highest BCUT2D eigenvalue weighted by molar-refractivity contribution is 14.1. The van der Waals surface area contributed by atoms with Crippen molar-refractivity contribution in [1.29, 1.82) is 0 Å². The Balaban J connectivity index is 2.20. The minimum atomic E-state index is -0.206. The molecule has 0 aromatic heterocycles. The van der Waals surface area contributed by atoms with Gasteiger partial charge in [-0.3, -0.25) is 0 Å². The highest BCUT2D eigenvalue weighted by atomic mass is 127. The van der Waals surface area contributed by atoms with Crippen LogP contribution in [0.4, 0.5) is 0 Å². The maximum atomic E-state index is 5.87. The summed E-state index contributed by atoms with van der Waals surface area (Å²) in [7, 11) is 0. The van der Waals surface area contributed by atoms with Gasteiger partial charge in [-0.15, -0.1) is 0 Å². The molecule has 0 amide bonds. The van der Waals surface area contributed by atoms with Gasteiger partial charge in [0.05, 0.1) is 0 Å². The van der Waals surface area contributed by atoms with Gasteiger partial charge in [-0.05, 0) is 41.2 Å². The topological polar surface area (TPSA) is 35.2 Å². The SMILES string of the molecule is CCCCCCOC1(I)C=CC=C(N)C1. The highest BCUT2D eigenvalue weighted by Crippen LogP contribution is 2.31. The van der Waals surface area contributed by atoms with E-state index in [1.165, 1.54) is 19.3 Å². The summed E-state index contributed by atoms with van der Waals surface area (Å²) in [6.07, 6.45) is 11.8. The summed E-state index contributed by atoms with van der Waals surface area (Å²) >= 11 is 2.34. The Hall–Kier alpha value is -0.0300. The number of alkyl halides is 1. The van der Waals surface area contributed by atoms with E-state index >= 15 is 0 Å². The molecule has 86 valence electrons. The maximum absolute atomic E-state index is 5.87. The lowest BCUT2D eigenvalue weighted by molar-refractivity contribution is 0.0687. The predicted molar refractivity (Wildman–Crippen MR) is 72.9 cm³/mol. The molecule has 0 aromatic carbocycles. The third kappa shape index (κ3) is 5.02. The first kappa shape index (κ1) is 13.0. The first-order valence-corrected chi connectivity index (χ1v) is 6.71. The number of unbranched alkanes of at least 4 members (excludes halogenated alkanes) is 3. The molecule has 0 fully saturated rings. The summed E-state index contributed by atoms with van der Waals surface area (Å²) in [5, 5.41) is 0. The van der Waals surface area contributed by atoms with E-state index in [2.05, 4.69) is 35.6 Å². The van der Waals surface area contributed by atoms with Gasteiger partial charge in [0.2, 0.25) is 0 Å². The van der Waals surface area contributed by atoms with Crippen LogP contribution in [0, 0.1) is 0 Å². The van der Waals surface area contributed by atoms with E-state index in [-0.39, 0.29) is 3.61 Å². The predicted octanol–water partition coefficient (Wildman–Crippen LogP) is 3.52. The molecule has 1 aliphatic carbocycles. The third-order valence-corrected chi connectivity index (χ3v) is 3.49. The number of rotatable bonds is 6. The Kier molecular flexibility index (Phi) is 5.68. The lowest BCUT2D eigenvalue weighted by Crippen LogP contribution is -2.27. The Morgan fingerprint density at radius 1 is 1.47 bits per heavy atom. The lowest BCUT2D eigenvalue weighted by Gasteiger charge is -2.26. The van der Waals surface area contributed by atoms with Crippen LogP contribution in [-0.4, -0.2) is 10.2 Å². The van der Waals surface area contributed by atoms with Crippen molar-refractivity contribution in [3.8, 4) is 0 Å². The van der Waals surface area contributed by atoms with Gasteiger partial charge in [0.1, 0.15) is 3.61 Å². The molecular weight excluding hydrogens is 301 g/mol. The van der Waals surface area contributed by atoms with E-state index in [0.717, 1.165) is 25.1 Å². The van der Waals surface area contributed by atoms with Gasteiger partial charge in [-0.25, -0.2) is 0 Å². The summed E-state index contributed by atoms with van der Waals surface area (Å²) in [5.41, 5.74) is 6.69. The second-order valence-corrected chi connectivity index (χ2v) is 5.80. The van der Waals surface area contributed by atoms with E-state index in [1.54, 1.807) is 0 Å². The fourth-order valence-electron chi connectivity index (χ4n) is 1.58. The van der Waals surface area contributed by atoms with E-state index < -0.39 is 0 Å². The summed E-state index contributed by atoms with van der Waals surface area (Å²) in [6.45, 7) is 3.05. The molecule has 0 aliphatic heterocycles. The molecule has 1 rings (SSSR count). The van der Waals surface area contributed by atoms with E-state index in [4.69, 9.17) is 10.5 Å². The molecule has 2 nitrogen and oxygen atoms in total. The molecule has 15 heavy (non-hydrogen) atoms. The molecule has 0 spiro atoms. The summed E-state index contributed by atoms with van der Waals surface area (Å²) in [4.78, 5) is 0. The number of hydrogen-bond acceptors (Lipinski definition) is 2. The molecule has 1 atom stereocenters. The van der Waals surface area contributed by atoms with Crippen molar-refractivity contribution in [2.75, 3.05) is 6.61 Å². The first-order valence-electron chi connectivity index (χ1n) is 5.63. The molecule has 0 bridgehead atoms. The zero-order valence-corrected chi connectivity index (χ0v) is 11.5. The van der Waals surface area contributed by atoms with E-state index in [1.807, 2.05) is 12.2 Å². The van der Waals surface area contributed by atoms with Gasteiger partial charge in [-0.2, -0.15) is 0 Å². The van der Waals surface area contributed by atoms with Crippen LogP contribution in [0.15, 0.2) is 23.9 Å². The Morgan fingerprint density at radius 2 is 2.27 bits per heavy atom. The molecule has 0 saturated heterocycles.